The van der Waals surface area contributed by atoms with Crippen LogP contribution in [0.4, 0.5) is 10.5 Å². The van der Waals surface area contributed by atoms with E-state index < -0.39 is 72.9 Å². The lowest BCUT2D eigenvalue weighted by Gasteiger charge is -2.27. The summed E-state index contributed by atoms with van der Waals surface area (Å²) in [5.41, 5.74) is 6.30. The van der Waals surface area contributed by atoms with Crippen LogP contribution < -0.4 is 43.0 Å². The molecule has 31 heteroatoms. The van der Waals surface area contributed by atoms with Crippen molar-refractivity contribution in [2.24, 2.45) is 11.7 Å². The van der Waals surface area contributed by atoms with Crippen molar-refractivity contribution in [3.63, 3.8) is 0 Å². The van der Waals surface area contributed by atoms with Gasteiger partial charge in [-0.2, -0.15) is 0 Å². The van der Waals surface area contributed by atoms with Gasteiger partial charge in [-0.1, -0.05) is 26.0 Å². The number of amides is 7. The van der Waals surface area contributed by atoms with Crippen molar-refractivity contribution >= 4 is 41.3 Å². The molecule has 0 aliphatic carbocycles. The number of nitrogens with one attached hydrogen (secondary N) is 7. The van der Waals surface area contributed by atoms with Crippen molar-refractivity contribution in [2.45, 2.75) is 121 Å². The quantitative estimate of drug-likeness (QED) is 0.0297. The van der Waals surface area contributed by atoms with Crippen LogP contribution in [0.25, 0.3) is 0 Å². The van der Waals surface area contributed by atoms with Crippen molar-refractivity contribution in [2.75, 3.05) is 184 Å². The van der Waals surface area contributed by atoms with Crippen LogP contribution in [0.1, 0.15) is 77.2 Å². The first-order valence-electron chi connectivity index (χ1n) is 31.1. The minimum absolute atomic E-state index is 0.0290. The predicted octanol–water partition coefficient (Wildman–Crippen LogP) is -2.64. The third-order valence-electron chi connectivity index (χ3n) is 13.1. The number of anilines is 1. The number of nitrogens with two attached hydrogens (primary N) is 1. The molecule has 0 heterocycles. The van der Waals surface area contributed by atoms with E-state index in [-0.39, 0.29) is 70.1 Å². The lowest BCUT2D eigenvalue weighted by atomic mass is 10.0. The average Bonchev–Trinajstić information content (AvgIpc) is 2.49. The summed E-state index contributed by atoms with van der Waals surface area (Å²) in [6.07, 6.45) is -2.34. The first kappa shape index (κ1) is 83.1. The highest BCUT2D eigenvalue weighted by Gasteiger charge is 2.34. The molecule has 0 saturated carbocycles. The van der Waals surface area contributed by atoms with Crippen molar-refractivity contribution in [1.82, 2.24) is 31.9 Å². The van der Waals surface area contributed by atoms with E-state index in [4.69, 9.17) is 62.9 Å². The molecule has 0 aromatic heterocycles. The summed E-state index contributed by atoms with van der Waals surface area (Å²) < 4.78 is 60.6. The van der Waals surface area contributed by atoms with Crippen molar-refractivity contribution in [1.29, 1.82) is 0 Å². The van der Waals surface area contributed by atoms with Crippen LogP contribution in [0, 0.1) is 5.92 Å². The van der Waals surface area contributed by atoms with Gasteiger partial charge in [0.25, 0.3) is 5.91 Å². The number of likely N-dealkylation sites (N-methyl/N-ethyl adjacent to an activating group) is 1. The molecule has 0 unspecified atom stereocenters. The Hall–Kier alpha value is -4.88. The molecule has 0 spiro atoms. The van der Waals surface area contributed by atoms with Gasteiger partial charge in [0.05, 0.1) is 151 Å². The second kappa shape index (κ2) is 56.8. The van der Waals surface area contributed by atoms with Crippen LogP contribution in [-0.2, 0) is 82.7 Å². The highest BCUT2D eigenvalue weighted by atomic mass is 16.6. The molecular weight excluding hydrogens is 1190 g/mol. The fraction of sp³-hybridized carbons (Fsp3) is 0.797. The molecule has 1 aromatic carbocycles. The molecule has 15 N–H and O–H groups in total. The zero-order valence-corrected chi connectivity index (χ0v) is 53.1. The van der Waals surface area contributed by atoms with Gasteiger partial charge in [-0.15, -0.1) is 0 Å². The van der Waals surface area contributed by atoms with Gasteiger partial charge in [0.15, 0.2) is 6.10 Å². The molecule has 90 heavy (non-hydrogen) atoms. The highest BCUT2D eigenvalue weighted by Crippen LogP contribution is 2.13. The zero-order valence-electron chi connectivity index (χ0n) is 53.1. The number of primary amides is 1. The summed E-state index contributed by atoms with van der Waals surface area (Å²) >= 11 is 0. The third-order valence-corrected chi connectivity index (χ3v) is 13.1. The third kappa shape index (κ3) is 44.6. The minimum Gasteiger partial charge on any atom is -0.394 e. The van der Waals surface area contributed by atoms with Crippen LogP contribution >= 0.6 is 0 Å². The zero-order chi connectivity index (χ0) is 66.2. The molecule has 0 aliphatic heterocycles. The fourth-order valence-electron chi connectivity index (χ4n) is 7.92. The number of ether oxygens (including phenoxy) is 11. The van der Waals surface area contributed by atoms with Crippen molar-refractivity contribution < 1.29 is 112 Å². The lowest BCUT2D eigenvalue weighted by Crippen LogP contribution is -2.57. The number of rotatable bonds is 62. The molecule has 1 aromatic rings. The number of unbranched alkanes of at least 4 members (excludes halogenated alkanes) is 3. The number of aliphatic hydroxyl groups excluding tert-OH is 6. The number of carbonyl (C=O) groups excluding carboxylic acids is 6. The smallest absolute Gasteiger partial charge is 0.312 e. The first-order valence-corrected chi connectivity index (χ1v) is 31.1. The number of hydrogen-bond donors (Lipinski definition) is 14. The molecule has 31 nitrogen and oxygen atoms in total. The first-order chi connectivity index (χ1) is 43.6. The van der Waals surface area contributed by atoms with E-state index in [1.165, 1.54) is 0 Å². The normalized spacial score (nSPS) is 13.8. The molecule has 0 saturated heterocycles. The maximum Gasteiger partial charge on any atom is 0.312 e. The Labute approximate surface area is 529 Å². The van der Waals surface area contributed by atoms with Crippen LogP contribution in [0.3, 0.4) is 0 Å². The molecule has 7 amide bonds. The van der Waals surface area contributed by atoms with Gasteiger partial charge >= 0.3 is 6.03 Å². The summed E-state index contributed by atoms with van der Waals surface area (Å²) in [4.78, 5) is 75.6. The lowest BCUT2D eigenvalue weighted by molar-refractivity contribution is -0.149. The van der Waals surface area contributed by atoms with E-state index in [2.05, 4.69) is 37.2 Å². The van der Waals surface area contributed by atoms with Gasteiger partial charge < -0.3 is 126 Å². The summed E-state index contributed by atoms with van der Waals surface area (Å²) in [5.74, 6) is -2.86. The molecule has 0 bridgehead atoms. The summed E-state index contributed by atoms with van der Waals surface area (Å²) in [6.45, 7) is 12.2. The molecular formula is C59H108N8O23. The number of carbonyl (C=O) groups is 6. The second-order valence-corrected chi connectivity index (χ2v) is 20.8. The second-order valence-electron chi connectivity index (χ2n) is 20.8. The molecule has 0 aliphatic rings. The predicted molar refractivity (Wildman–Crippen MR) is 328 cm³/mol. The van der Waals surface area contributed by atoms with Crippen molar-refractivity contribution in [3.05, 3.63) is 29.8 Å². The number of aliphatic hydroxyl groups is 6. The number of hydrogen-bond acceptors (Lipinski definition) is 24. The Kier molecular flexibility index (Phi) is 52.5. The summed E-state index contributed by atoms with van der Waals surface area (Å²) in [5, 5.41) is 75.6. The van der Waals surface area contributed by atoms with Gasteiger partial charge in [-0.25, -0.2) is 4.79 Å². The van der Waals surface area contributed by atoms with Crippen LogP contribution in [0.5, 0.6) is 0 Å². The molecule has 1 rings (SSSR count). The van der Waals surface area contributed by atoms with Gasteiger partial charge in [-0.3, -0.25) is 24.0 Å². The van der Waals surface area contributed by atoms with Crippen molar-refractivity contribution in [3.8, 4) is 0 Å². The average molecular weight is 1300 g/mol. The SMILES string of the molecule is CN[C@@H](CCCCNC(=O)CCOCCOCCOCCOCCOCCCCCOCCOCCOCCOCCOCCOCCNC(=O)[C@H](O)[C@@H](O)[C@H](O)[C@H](O)CO)C(=O)N[C@H](C(=O)N[C@@H](CCCNC(N)=O)C(=O)Nc1ccc(CO)cc1)C(C)C. The molecule has 0 fully saturated rings. The van der Waals surface area contributed by atoms with E-state index in [1.54, 1.807) is 45.2 Å². The Morgan fingerprint density at radius 3 is 1.37 bits per heavy atom. The van der Waals surface area contributed by atoms with Crippen LogP contribution in [-0.4, -0.2) is 287 Å². The van der Waals surface area contributed by atoms with Gasteiger partial charge in [0.1, 0.15) is 30.4 Å². The number of urea groups is 1. The largest absolute Gasteiger partial charge is 0.394 e. The van der Waals surface area contributed by atoms with Gasteiger partial charge in [0, 0.05) is 45.0 Å². The standard InChI is InChI=1S/C59H108N8O23/c1-44(2)51(57(77)66-48(11-9-18-64-59(60)79)56(76)65-46-14-12-45(42-68)13-15-46)67-55(75)47(61-3)10-5-6-17-62-50(71)16-22-82-26-30-86-34-38-88-36-32-84-28-24-80-20-7-4-8-21-81-25-29-85-33-37-89-40-41-90-39-35-87-31-27-83-23-19-63-58(78)54(74)53(73)52(72)49(70)43-69/h12-15,44,47-49,51-54,61,68-70,72-74H,4-11,16-43H2,1-3H3,(H,62,71)(H,63,78)(H,65,76)(H,66,77)(H,67,75)(H3,60,64,79)/t47-,48-,49+,51-,52+,53-,54+/m0/s1. The molecule has 522 valence electrons. The monoisotopic (exact) mass is 1300 g/mol. The van der Waals surface area contributed by atoms with E-state index in [9.17, 15) is 54.3 Å². The van der Waals surface area contributed by atoms with Gasteiger partial charge in [0.2, 0.25) is 23.6 Å². The Morgan fingerprint density at radius 1 is 0.456 bits per heavy atom. The minimum atomic E-state index is -1.99. The van der Waals surface area contributed by atoms with E-state index in [1.807, 2.05) is 0 Å². The highest BCUT2D eigenvalue weighted by molar-refractivity contribution is 5.98. The molecule has 7 atom stereocenters. The summed E-state index contributed by atoms with van der Waals surface area (Å²) in [7, 11) is 1.65. The van der Waals surface area contributed by atoms with Crippen LogP contribution in [0.2, 0.25) is 0 Å². The maximum absolute atomic E-state index is 13.6. The Balaban J connectivity index is 1.93. The Morgan fingerprint density at radius 2 is 0.911 bits per heavy atom. The van der Waals surface area contributed by atoms with Gasteiger partial charge in [-0.05, 0) is 82.0 Å². The fourth-order valence-corrected chi connectivity index (χ4v) is 7.92. The number of benzene rings is 1. The van der Waals surface area contributed by atoms with E-state index in [0.29, 0.717) is 169 Å². The summed E-state index contributed by atoms with van der Waals surface area (Å²) in [6, 6.07) is 3.31. The topological polar surface area (TPSA) is 436 Å². The maximum atomic E-state index is 13.6. The Bertz CT molecular complexity index is 1970. The van der Waals surface area contributed by atoms with E-state index in [0.717, 1.165) is 19.3 Å². The van der Waals surface area contributed by atoms with Crippen LogP contribution in [0.15, 0.2) is 24.3 Å². The van der Waals surface area contributed by atoms with E-state index >= 15 is 0 Å². The molecule has 0 radical (unpaired) electrons.